The summed E-state index contributed by atoms with van der Waals surface area (Å²) < 4.78 is 5.19. The van der Waals surface area contributed by atoms with E-state index in [1.165, 1.54) is 0 Å². The number of benzene rings is 2. The lowest BCUT2D eigenvalue weighted by Crippen LogP contribution is -2.39. The second kappa shape index (κ2) is 6.28. The van der Waals surface area contributed by atoms with Crippen LogP contribution >= 0.6 is 11.6 Å². The highest BCUT2D eigenvalue weighted by molar-refractivity contribution is 6.30. The third-order valence-electron chi connectivity index (χ3n) is 3.85. The Hall–Kier alpha value is -2.20. The number of guanidine groups is 1. The topological polar surface area (TPSA) is 59.6 Å². The van der Waals surface area contributed by atoms with Crippen molar-refractivity contribution in [3.63, 3.8) is 0 Å². The monoisotopic (exact) mass is 315 g/mol. The quantitative estimate of drug-likeness (QED) is 0.912. The molecule has 2 unspecified atom stereocenters. The molecular weight excluding hydrogens is 298 g/mol. The first-order valence-corrected chi connectivity index (χ1v) is 7.53. The van der Waals surface area contributed by atoms with Crippen molar-refractivity contribution in [1.82, 2.24) is 5.32 Å². The fourth-order valence-electron chi connectivity index (χ4n) is 2.67. The van der Waals surface area contributed by atoms with Crippen molar-refractivity contribution in [3.8, 4) is 5.75 Å². The maximum Gasteiger partial charge on any atom is 0.189 e. The molecule has 2 aromatic carbocycles. The van der Waals surface area contributed by atoms with Gasteiger partial charge in [0.25, 0.3) is 0 Å². The molecule has 0 fully saturated rings. The molecule has 22 heavy (non-hydrogen) atoms. The minimum atomic E-state index is 0.0350. The van der Waals surface area contributed by atoms with Crippen LogP contribution in [-0.4, -0.2) is 13.1 Å². The first-order valence-electron chi connectivity index (χ1n) is 7.15. The highest BCUT2D eigenvalue weighted by Crippen LogP contribution is 2.33. The summed E-state index contributed by atoms with van der Waals surface area (Å²) in [5.74, 6) is 1.30. The van der Waals surface area contributed by atoms with Crippen molar-refractivity contribution in [3.05, 3.63) is 64.7 Å². The molecule has 0 saturated heterocycles. The summed E-state index contributed by atoms with van der Waals surface area (Å²) >= 11 is 5.95. The Balaban J connectivity index is 1.83. The van der Waals surface area contributed by atoms with Crippen LogP contribution in [0.1, 0.15) is 29.6 Å². The number of rotatable bonds is 3. The van der Waals surface area contributed by atoms with Gasteiger partial charge in [-0.1, -0.05) is 35.9 Å². The fraction of sp³-hybridized carbons (Fsp3) is 0.235. The number of aliphatic imine (C=N–C) groups is 1. The Kier molecular flexibility index (Phi) is 4.20. The highest BCUT2D eigenvalue weighted by atomic mass is 35.5. The number of methoxy groups -OCH3 is 1. The molecule has 0 radical (unpaired) electrons. The van der Waals surface area contributed by atoms with Crippen LogP contribution in [-0.2, 0) is 0 Å². The van der Waals surface area contributed by atoms with Gasteiger partial charge in [0.2, 0.25) is 0 Å². The van der Waals surface area contributed by atoms with Gasteiger partial charge in [0.05, 0.1) is 19.2 Å². The second-order valence-corrected chi connectivity index (χ2v) is 5.72. The molecule has 1 heterocycles. The van der Waals surface area contributed by atoms with E-state index in [9.17, 15) is 0 Å². The van der Waals surface area contributed by atoms with Gasteiger partial charge in [-0.15, -0.1) is 0 Å². The molecule has 3 N–H and O–H groups in total. The normalized spacial score (nSPS) is 20.9. The van der Waals surface area contributed by atoms with Gasteiger partial charge in [-0.2, -0.15) is 0 Å². The van der Waals surface area contributed by atoms with Gasteiger partial charge in [-0.3, -0.25) is 0 Å². The predicted molar refractivity (Wildman–Crippen MR) is 89.3 cm³/mol. The van der Waals surface area contributed by atoms with E-state index in [0.29, 0.717) is 5.96 Å². The predicted octanol–water partition coefficient (Wildman–Crippen LogP) is 3.44. The highest BCUT2D eigenvalue weighted by Gasteiger charge is 2.24. The van der Waals surface area contributed by atoms with Gasteiger partial charge in [-0.05, 0) is 41.8 Å². The van der Waals surface area contributed by atoms with E-state index < -0.39 is 0 Å². The lowest BCUT2D eigenvalue weighted by molar-refractivity contribution is 0.414. The van der Waals surface area contributed by atoms with Crippen LogP contribution in [0, 0.1) is 0 Å². The van der Waals surface area contributed by atoms with Crippen molar-refractivity contribution < 1.29 is 4.74 Å². The van der Waals surface area contributed by atoms with Gasteiger partial charge in [0.15, 0.2) is 5.96 Å². The summed E-state index contributed by atoms with van der Waals surface area (Å²) in [7, 11) is 1.66. The summed E-state index contributed by atoms with van der Waals surface area (Å²) in [4.78, 5) is 4.52. The van der Waals surface area contributed by atoms with E-state index in [0.717, 1.165) is 28.3 Å². The van der Waals surface area contributed by atoms with E-state index in [1.54, 1.807) is 7.11 Å². The lowest BCUT2D eigenvalue weighted by Gasteiger charge is -2.29. The molecule has 2 aromatic rings. The molecule has 1 aliphatic rings. The van der Waals surface area contributed by atoms with E-state index in [1.807, 2.05) is 48.5 Å². The largest absolute Gasteiger partial charge is 0.497 e. The Labute approximate surface area is 135 Å². The van der Waals surface area contributed by atoms with Crippen LogP contribution < -0.4 is 15.8 Å². The lowest BCUT2D eigenvalue weighted by atomic mass is 9.94. The molecule has 0 amide bonds. The van der Waals surface area contributed by atoms with Gasteiger partial charge < -0.3 is 15.8 Å². The number of ether oxygens (including phenoxy) is 1. The molecule has 2 atom stereocenters. The van der Waals surface area contributed by atoms with Crippen LogP contribution in [0.4, 0.5) is 0 Å². The summed E-state index contributed by atoms with van der Waals surface area (Å²) in [5.41, 5.74) is 8.25. The zero-order valence-corrected chi connectivity index (χ0v) is 13.0. The van der Waals surface area contributed by atoms with Gasteiger partial charge in [0, 0.05) is 5.02 Å². The summed E-state index contributed by atoms with van der Waals surface area (Å²) in [5, 5.41) is 3.96. The van der Waals surface area contributed by atoms with Crippen molar-refractivity contribution in [2.45, 2.75) is 18.5 Å². The SMILES string of the molecule is COc1ccc(C2CC(c3ccc(Cl)cc3)NC(N)=N2)cc1. The van der Waals surface area contributed by atoms with Crippen molar-refractivity contribution in [2.75, 3.05) is 7.11 Å². The van der Waals surface area contributed by atoms with Crippen molar-refractivity contribution in [2.24, 2.45) is 10.7 Å². The van der Waals surface area contributed by atoms with Crippen LogP contribution in [0.3, 0.4) is 0 Å². The molecule has 0 aliphatic carbocycles. The van der Waals surface area contributed by atoms with Gasteiger partial charge in [0.1, 0.15) is 5.75 Å². The van der Waals surface area contributed by atoms with Gasteiger partial charge >= 0.3 is 0 Å². The fourth-order valence-corrected chi connectivity index (χ4v) is 2.80. The molecule has 114 valence electrons. The van der Waals surface area contributed by atoms with Crippen molar-refractivity contribution in [1.29, 1.82) is 0 Å². The third kappa shape index (κ3) is 3.17. The minimum absolute atomic E-state index is 0.0350. The number of nitrogens with two attached hydrogens (primary N) is 1. The van der Waals surface area contributed by atoms with E-state index in [4.69, 9.17) is 22.1 Å². The van der Waals surface area contributed by atoms with Crippen LogP contribution in [0.2, 0.25) is 5.02 Å². The maximum absolute atomic E-state index is 5.96. The van der Waals surface area contributed by atoms with Crippen LogP contribution in [0.15, 0.2) is 53.5 Å². The Morgan fingerprint density at radius 3 is 2.36 bits per heavy atom. The molecule has 0 bridgehead atoms. The van der Waals surface area contributed by atoms with E-state index >= 15 is 0 Å². The van der Waals surface area contributed by atoms with Gasteiger partial charge in [-0.25, -0.2) is 4.99 Å². The molecule has 5 heteroatoms. The zero-order valence-electron chi connectivity index (χ0n) is 12.3. The van der Waals surface area contributed by atoms with Crippen molar-refractivity contribution >= 4 is 17.6 Å². The van der Waals surface area contributed by atoms with E-state index in [-0.39, 0.29) is 12.1 Å². The first-order chi connectivity index (χ1) is 10.7. The second-order valence-electron chi connectivity index (χ2n) is 5.29. The molecule has 0 aromatic heterocycles. The molecular formula is C17H18ClN3O. The zero-order chi connectivity index (χ0) is 15.5. The minimum Gasteiger partial charge on any atom is -0.497 e. The average Bonchev–Trinajstić information content (AvgIpc) is 2.55. The number of nitrogens with zero attached hydrogens (tertiary/aromatic N) is 1. The summed E-state index contributed by atoms with van der Waals surface area (Å²) in [6.07, 6.45) is 0.842. The summed E-state index contributed by atoms with van der Waals surface area (Å²) in [6.45, 7) is 0. The molecule has 0 spiro atoms. The molecule has 0 saturated carbocycles. The Bertz CT molecular complexity index is 667. The number of halogens is 1. The third-order valence-corrected chi connectivity index (χ3v) is 4.10. The Morgan fingerprint density at radius 2 is 1.73 bits per heavy atom. The maximum atomic E-state index is 5.96. The molecule has 3 rings (SSSR count). The van der Waals surface area contributed by atoms with Crippen LogP contribution in [0.25, 0.3) is 0 Å². The number of nitrogens with one attached hydrogen (secondary N) is 1. The first kappa shape index (κ1) is 14.7. The number of hydrogen-bond acceptors (Lipinski definition) is 4. The smallest absolute Gasteiger partial charge is 0.189 e. The number of hydrogen-bond donors (Lipinski definition) is 2. The van der Waals surface area contributed by atoms with Crippen LogP contribution in [0.5, 0.6) is 5.75 Å². The average molecular weight is 316 g/mol. The summed E-state index contributed by atoms with van der Waals surface area (Å²) in [6, 6.07) is 15.9. The Morgan fingerprint density at radius 1 is 1.09 bits per heavy atom. The molecule has 4 nitrogen and oxygen atoms in total. The standard InChI is InChI=1S/C17H18ClN3O/c1-22-14-8-4-12(5-9-14)16-10-15(20-17(19)21-16)11-2-6-13(18)7-3-11/h2-9,15-16H,10H2,1H3,(H3,19,20,21). The van der Waals surface area contributed by atoms with E-state index in [2.05, 4.69) is 10.3 Å². The molecule has 1 aliphatic heterocycles.